The molecule has 2 atom stereocenters. The Kier molecular flexibility index (Phi) is 7.31. The van der Waals surface area contributed by atoms with Crippen molar-refractivity contribution in [3.8, 4) is 0 Å². The van der Waals surface area contributed by atoms with Crippen LogP contribution < -0.4 is 5.32 Å². The minimum absolute atomic E-state index is 0.0507. The van der Waals surface area contributed by atoms with E-state index >= 15 is 0 Å². The Morgan fingerprint density at radius 3 is 2.55 bits per heavy atom. The van der Waals surface area contributed by atoms with Gasteiger partial charge in [0.2, 0.25) is 11.6 Å². The standard InChI is InChI=1S/C25H37NO3/c1-8-9-18-21(26-13-11-15(2)3)23(28)20(24(29)22(18)27)19-14-17(6)10-12-25(19,7)16(4)5/h14-15,19,26,28H,4,8-13H2,1-3,5-7H3/t19-,25-/m0/s1. The molecule has 0 unspecified atom stereocenters. The van der Waals surface area contributed by atoms with Crippen molar-refractivity contribution in [3.05, 3.63) is 46.4 Å². The van der Waals surface area contributed by atoms with Gasteiger partial charge in [-0.25, -0.2) is 0 Å². The second-order valence-electron chi connectivity index (χ2n) is 9.32. The largest absolute Gasteiger partial charge is 0.505 e. The van der Waals surface area contributed by atoms with Gasteiger partial charge in [-0.15, -0.1) is 0 Å². The predicted octanol–water partition coefficient (Wildman–Crippen LogP) is 5.58. The summed E-state index contributed by atoms with van der Waals surface area (Å²) >= 11 is 0. The van der Waals surface area contributed by atoms with Gasteiger partial charge in [-0.2, -0.15) is 0 Å². The van der Waals surface area contributed by atoms with Crippen molar-refractivity contribution < 1.29 is 14.7 Å². The highest BCUT2D eigenvalue weighted by Crippen LogP contribution is 2.49. The summed E-state index contributed by atoms with van der Waals surface area (Å²) in [5.41, 5.74) is 2.86. The van der Waals surface area contributed by atoms with E-state index in [1.807, 2.05) is 26.8 Å². The van der Waals surface area contributed by atoms with Gasteiger partial charge in [0.25, 0.3) is 0 Å². The lowest BCUT2D eigenvalue weighted by Gasteiger charge is -2.42. The summed E-state index contributed by atoms with van der Waals surface area (Å²) in [5, 5.41) is 14.5. The molecular formula is C25H37NO3. The van der Waals surface area contributed by atoms with Crippen molar-refractivity contribution in [2.75, 3.05) is 6.54 Å². The number of aliphatic hydroxyl groups excluding tert-OH is 1. The van der Waals surface area contributed by atoms with Crippen LogP contribution in [-0.4, -0.2) is 23.2 Å². The summed E-state index contributed by atoms with van der Waals surface area (Å²) in [6.07, 6.45) is 5.94. The van der Waals surface area contributed by atoms with Gasteiger partial charge >= 0.3 is 0 Å². The molecule has 2 rings (SSSR count). The molecule has 0 bridgehead atoms. The summed E-state index contributed by atoms with van der Waals surface area (Å²) in [7, 11) is 0. The molecular weight excluding hydrogens is 362 g/mol. The molecule has 0 aromatic rings. The number of hydrogen-bond donors (Lipinski definition) is 2. The van der Waals surface area contributed by atoms with E-state index in [9.17, 15) is 14.7 Å². The van der Waals surface area contributed by atoms with Crippen LogP contribution in [0.25, 0.3) is 0 Å². The normalized spacial score (nSPS) is 25.6. The molecule has 29 heavy (non-hydrogen) atoms. The Morgan fingerprint density at radius 1 is 1.34 bits per heavy atom. The minimum atomic E-state index is -0.566. The second-order valence-corrected chi connectivity index (χ2v) is 9.32. The van der Waals surface area contributed by atoms with Crippen molar-refractivity contribution >= 4 is 11.6 Å². The van der Waals surface area contributed by atoms with Gasteiger partial charge in [-0.1, -0.05) is 57.9 Å². The molecule has 0 amide bonds. The van der Waals surface area contributed by atoms with E-state index in [2.05, 4.69) is 32.7 Å². The molecule has 0 saturated heterocycles. The third kappa shape index (κ3) is 4.57. The van der Waals surface area contributed by atoms with E-state index in [0.717, 1.165) is 31.3 Å². The summed E-state index contributed by atoms with van der Waals surface area (Å²) in [6.45, 7) is 17.1. The van der Waals surface area contributed by atoms with Crippen LogP contribution in [0.1, 0.15) is 73.6 Å². The highest BCUT2D eigenvalue weighted by Gasteiger charge is 2.46. The maximum Gasteiger partial charge on any atom is 0.233 e. The van der Waals surface area contributed by atoms with Gasteiger partial charge in [-0.05, 0) is 50.9 Å². The fourth-order valence-corrected chi connectivity index (χ4v) is 4.26. The van der Waals surface area contributed by atoms with Crippen LogP contribution in [0.2, 0.25) is 0 Å². The summed E-state index contributed by atoms with van der Waals surface area (Å²) < 4.78 is 0. The average Bonchev–Trinajstić information content (AvgIpc) is 2.64. The number of nitrogens with one attached hydrogen (secondary N) is 1. The zero-order chi connectivity index (χ0) is 21.9. The van der Waals surface area contributed by atoms with Gasteiger partial charge in [-0.3, -0.25) is 9.59 Å². The zero-order valence-corrected chi connectivity index (χ0v) is 18.9. The van der Waals surface area contributed by atoms with Crippen molar-refractivity contribution in [3.63, 3.8) is 0 Å². The van der Waals surface area contributed by atoms with E-state index in [-0.39, 0.29) is 22.7 Å². The van der Waals surface area contributed by atoms with Crippen LogP contribution in [0.4, 0.5) is 0 Å². The number of hydrogen-bond acceptors (Lipinski definition) is 4. The Bertz CT molecular complexity index is 797. The first kappa shape index (κ1) is 23.2. The zero-order valence-electron chi connectivity index (χ0n) is 18.9. The maximum atomic E-state index is 13.2. The van der Waals surface area contributed by atoms with Gasteiger partial charge in [0.15, 0.2) is 0 Å². The monoisotopic (exact) mass is 399 g/mol. The molecule has 0 aliphatic heterocycles. The molecule has 0 spiro atoms. The molecule has 160 valence electrons. The van der Waals surface area contributed by atoms with Crippen LogP contribution in [0, 0.1) is 17.3 Å². The van der Waals surface area contributed by atoms with Crippen LogP contribution in [0.15, 0.2) is 46.4 Å². The molecule has 4 nitrogen and oxygen atoms in total. The maximum absolute atomic E-state index is 13.2. The SMILES string of the molecule is C=C(C)[C@]1(C)CCC(C)=C[C@H]1C1=C(O)C(NCCC(C)C)=C(CCC)C(=O)C1=O. The van der Waals surface area contributed by atoms with Crippen LogP contribution in [0.5, 0.6) is 0 Å². The number of aliphatic hydroxyl groups is 1. The summed E-state index contributed by atoms with van der Waals surface area (Å²) in [5.74, 6) is -0.948. The third-order valence-corrected chi connectivity index (χ3v) is 6.50. The summed E-state index contributed by atoms with van der Waals surface area (Å²) in [4.78, 5) is 26.2. The molecule has 0 saturated carbocycles. The van der Waals surface area contributed by atoms with Crippen molar-refractivity contribution in [2.45, 2.75) is 73.6 Å². The van der Waals surface area contributed by atoms with Gasteiger partial charge in [0.05, 0.1) is 11.3 Å². The molecule has 0 radical (unpaired) electrons. The number of ketones is 2. The molecule has 0 fully saturated rings. The number of allylic oxidation sites excluding steroid dienone is 5. The number of Topliss-reactive ketones (excluding diaryl/α,β-unsaturated/α-hetero) is 2. The van der Waals surface area contributed by atoms with Crippen molar-refractivity contribution in [2.24, 2.45) is 17.3 Å². The number of carbonyl (C=O) groups excluding carboxylic acids is 2. The van der Waals surface area contributed by atoms with Crippen LogP contribution in [0.3, 0.4) is 0 Å². The first-order valence-corrected chi connectivity index (χ1v) is 10.9. The predicted molar refractivity (Wildman–Crippen MR) is 118 cm³/mol. The third-order valence-electron chi connectivity index (χ3n) is 6.50. The molecule has 0 aromatic carbocycles. The first-order valence-electron chi connectivity index (χ1n) is 10.9. The van der Waals surface area contributed by atoms with E-state index < -0.39 is 11.6 Å². The Morgan fingerprint density at radius 2 is 2.00 bits per heavy atom. The van der Waals surface area contributed by atoms with Gasteiger partial charge in [0.1, 0.15) is 5.76 Å². The Balaban J connectivity index is 2.62. The number of rotatable bonds is 8. The minimum Gasteiger partial charge on any atom is -0.505 e. The highest BCUT2D eigenvalue weighted by molar-refractivity contribution is 6.50. The average molecular weight is 400 g/mol. The fourth-order valence-electron chi connectivity index (χ4n) is 4.26. The fraction of sp³-hybridized carbons (Fsp3) is 0.600. The highest BCUT2D eigenvalue weighted by atomic mass is 16.3. The van der Waals surface area contributed by atoms with E-state index in [0.29, 0.717) is 30.2 Å². The quantitative estimate of drug-likeness (QED) is 0.318. The van der Waals surface area contributed by atoms with E-state index in [1.165, 1.54) is 5.57 Å². The lowest BCUT2D eigenvalue weighted by atomic mass is 9.61. The van der Waals surface area contributed by atoms with Gasteiger partial charge in [0, 0.05) is 18.0 Å². The van der Waals surface area contributed by atoms with E-state index in [4.69, 9.17) is 0 Å². The van der Waals surface area contributed by atoms with Crippen molar-refractivity contribution in [1.82, 2.24) is 5.32 Å². The Hall–Kier alpha value is -2.10. The molecule has 0 heterocycles. The van der Waals surface area contributed by atoms with Crippen LogP contribution in [-0.2, 0) is 9.59 Å². The molecule has 4 heteroatoms. The molecule has 2 aliphatic carbocycles. The Labute approximate surface area is 175 Å². The molecule has 2 aliphatic rings. The van der Waals surface area contributed by atoms with Crippen LogP contribution >= 0.6 is 0 Å². The van der Waals surface area contributed by atoms with E-state index in [1.54, 1.807) is 0 Å². The smallest absolute Gasteiger partial charge is 0.233 e. The number of carbonyl (C=O) groups is 2. The van der Waals surface area contributed by atoms with Crippen molar-refractivity contribution in [1.29, 1.82) is 0 Å². The molecule has 2 N–H and O–H groups in total. The summed E-state index contributed by atoms with van der Waals surface area (Å²) in [6, 6.07) is 0. The second kappa shape index (κ2) is 9.15. The topological polar surface area (TPSA) is 66.4 Å². The lowest BCUT2D eigenvalue weighted by molar-refractivity contribution is -0.133. The first-order chi connectivity index (χ1) is 13.5. The molecule has 0 aromatic heterocycles. The lowest BCUT2D eigenvalue weighted by Crippen LogP contribution is -2.40. The van der Waals surface area contributed by atoms with Gasteiger partial charge < -0.3 is 10.4 Å².